The number of nitrogens with one attached hydrogen (secondary N) is 1. The molecule has 1 aromatic heterocycles. The number of rotatable bonds is 6. The molecule has 0 saturated carbocycles. The van der Waals surface area contributed by atoms with Crippen LogP contribution in [0.3, 0.4) is 0 Å². The van der Waals surface area contributed by atoms with Gasteiger partial charge in [-0.05, 0) is 18.9 Å². The summed E-state index contributed by atoms with van der Waals surface area (Å²) in [4.78, 5) is 16.0. The van der Waals surface area contributed by atoms with E-state index in [1.54, 1.807) is 6.20 Å². The molecule has 1 amide bonds. The zero-order valence-corrected chi connectivity index (χ0v) is 11.6. The van der Waals surface area contributed by atoms with E-state index in [0.717, 1.165) is 11.4 Å². The first-order valence-corrected chi connectivity index (χ1v) is 6.72. The van der Waals surface area contributed by atoms with Gasteiger partial charge in [-0.2, -0.15) is 0 Å². The highest BCUT2D eigenvalue weighted by Crippen LogP contribution is 2.01. The number of aryl methyl sites for hydroxylation is 1. The summed E-state index contributed by atoms with van der Waals surface area (Å²) in [5.74, 6) is 0.819. The van der Waals surface area contributed by atoms with Crippen LogP contribution >= 0.6 is 0 Å². The maximum atomic E-state index is 11.9. The van der Waals surface area contributed by atoms with Crippen molar-refractivity contribution in [1.82, 2.24) is 14.9 Å². The molecular formula is C15H20N4O. The molecular weight excluding hydrogens is 252 g/mol. The number of nitrogens with zero attached hydrogens (tertiary/aromatic N) is 2. The fourth-order valence-corrected chi connectivity index (χ4v) is 2.03. The van der Waals surface area contributed by atoms with Gasteiger partial charge in [-0.1, -0.05) is 30.3 Å². The van der Waals surface area contributed by atoms with Crippen molar-refractivity contribution in [3.05, 3.63) is 54.1 Å². The summed E-state index contributed by atoms with van der Waals surface area (Å²) in [6.07, 6.45) is 4.19. The minimum atomic E-state index is -0.513. The minimum absolute atomic E-state index is 0.119. The van der Waals surface area contributed by atoms with E-state index in [0.29, 0.717) is 19.5 Å². The average molecular weight is 272 g/mol. The molecule has 1 unspecified atom stereocenters. The molecule has 0 aliphatic heterocycles. The molecule has 2 rings (SSSR count). The van der Waals surface area contributed by atoms with Gasteiger partial charge in [0.1, 0.15) is 5.82 Å². The fourth-order valence-electron chi connectivity index (χ4n) is 2.03. The largest absolute Gasteiger partial charge is 0.353 e. The summed E-state index contributed by atoms with van der Waals surface area (Å²) in [6.45, 7) is 3.19. The van der Waals surface area contributed by atoms with Gasteiger partial charge in [-0.15, -0.1) is 0 Å². The number of amides is 1. The van der Waals surface area contributed by atoms with E-state index in [2.05, 4.69) is 10.3 Å². The van der Waals surface area contributed by atoms with Crippen LogP contribution in [0.15, 0.2) is 42.7 Å². The second-order valence-corrected chi connectivity index (χ2v) is 4.76. The summed E-state index contributed by atoms with van der Waals surface area (Å²) in [5.41, 5.74) is 6.98. The Morgan fingerprint density at radius 3 is 2.80 bits per heavy atom. The Hall–Kier alpha value is -2.14. The molecule has 3 N–H and O–H groups in total. The van der Waals surface area contributed by atoms with Crippen LogP contribution in [0.25, 0.3) is 0 Å². The Kier molecular flexibility index (Phi) is 4.90. The highest BCUT2D eigenvalue weighted by Gasteiger charge is 2.13. The molecule has 5 nitrogen and oxygen atoms in total. The number of imidazole rings is 1. The molecule has 1 aromatic carbocycles. The van der Waals surface area contributed by atoms with Crippen molar-refractivity contribution in [2.45, 2.75) is 25.9 Å². The van der Waals surface area contributed by atoms with Crippen molar-refractivity contribution in [2.75, 3.05) is 6.54 Å². The molecule has 0 spiro atoms. The quantitative estimate of drug-likeness (QED) is 0.820. The standard InChI is InChI=1S/C15H20N4O/c1-12-17-7-9-19(12)10-8-18-15(20)14(16)11-13-5-3-2-4-6-13/h2-7,9,14H,8,10-11,16H2,1H3,(H,18,20). The molecule has 0 aliphatic carbocycles. The van der Waals surface area contributed by atoms with Crippen molar-refractivity contribution in [1.29, 1.82) is 0 Å². The number of aromatic nitrogens is 2. The van der Waals surface area contributed by atoms with Gasteiger partial charge >= 0.3 is 0 Å². The van der Waals surface area contributed by atoms with Crippen molar-refractivity contribution in [3.8, 4) is 0 Å². The number of hydrogen-bond donors (Lipinski definition) is 2. The number of hydrogen-bond acceptors (Lipinski definition) is 3. The third-order valence-electron chi connectivity index (χ3n) is 3.21. The van der Waals surface area contributed by atoms with E-state index in [1.807, 2.05) is 48.0 Å². The number of nitrogens with two attached hydrogens (primary N) is 1. The second kappa shape index (κ2) is 6.86. The number of carbonyl (C=O) groups is 1. The highest BCUT2D eigenvalue weighted by molar-refractivity contribution is 5.81. The third kappa shape index (κ3) is 3.93. The predicted molar refractivity (Wildman–Crippen MR) is 78.1 cm³/mol. The summed E-state index contributed by atoms with van der Waals surface area (Å²) in [6, 6.07) is 9.28. The first kappa shape index (κ1) is 14.3. The van der Waals surface area contributed by atoms with Crippen LogP contribution in [0, 0.1) is 6.92 Å². The van der Waals surface area contributed by atoms with Crippen molar-refractivity contribution in [3.63, 3.8) is 0 Å². The van der Waals surface area contributed by atoms with Gasteiger partial charge < -0.3 is 15.6 Å². The summed E-state index contributed by atoms with van der Waals surface area (Å²) >= 11 is 0. The molecule has 0 aliphatic rings. The van der Waals surface area contributed by atoms with E-state index >= 15 is 0 Å². The molecule has 1 heterocycles. The van der Waals surface area contributed by atoms with Crippen LogP contribution in [0.5, 0.6) is 0 Å². The van der Waals surface area contributed by atoms with Gasteiger partial charge in [0.05, 0.1) is 6.04 Å². The maximum absolute atomic E-state index is 11.9. The first-order chi connectivity index (χ1) is 9.66. The topological polar surface area (TPSA) is 72.9 Å². The van der Waals surface area contributed by atoms with E-state index in [-0.39, 0.29) is 5.91 Å². The van der Waals surface area contributed by atoms with Gasteiger partial charge in [0.2, 0.25) is 5.91 Å². The molecule has 0 bridgehead atoms. The zero-order chi connectivity index (χ0) is 14.4. The lowest BCUT2D eigenvalue weighted by Gasteiger charge is -2.13. The van der Waals surface area contributed by atoms with Crippen LogP contribution in [0.1, 0.15) is 11.4 Å². The summed E-state index contributed by atoms with van der Waals surface area (Å²) in [7, 11) is 0. The molecule has 2 aromatic rings. The van der Waals surface area contributed by atoms with Crippen LogP contribution in [-0.4, -0.2) is 28.0 Å². The lowest BCUT2D eigenvalue weighted by Crippen LogP contribution is -2.43. The average Bonchev–Trinajstić information content (AvgIpc) is 2.85. The molecule has 5 heteroatoms. The fraction of sp³-hybridized carbons (Fsp3) is 0.333. The predicted octanol–water partition coefficient (Wildman–Crippen LogP) is 0.878. The van der Waals surface area contributed by atoms with E-state index in [1.165, 1.54) is 0 Å². The second-order valence-electron chi connectivity index (χ2n) is 4.76. The lowest BCUT2D eigenvalue weighted by molar-refractivity contribution is -0.122. The zero-order valence-electron chi connectivity index (χ0n) is 11.6. The Morgan fingerprint density at radius 2 is 2.15 bits per heavy atom. The van der Waals surface area contributed by atoms with Gasteiger partial charge in [-0.25, -0.2) is 4.98 Å². The van der Waals surface area contributed by atoms with Crippen LogP contribution in [0.2, 0.25) is 0 Å². The van der Waals surface area contributed by atoms with E-state index in [4.69, 9.17) is 5.73 Å². The highest BCUT2D eigenvalue weighted by atomic mass is 16.2. The monoisotopic (exact) mass is 272 g/mol. The summed E-state index contributed by atoms with van der Waals surface area (Å²) in [5, 5.41) is 2.86. The van der Waals surface area contributed by atoms with Crippen LogP contribution in [0.4, 0.5) is 0 Å². The molecule has 106 valence electrons. The Morgan fingerprint density at radius 1 is 1.40 bits per heavy atom. The molecule has 0 saturated heterocycles. The van der Waals surface area contributed by atoms with Gasteiger partial charge in [0, 0.05) is 25.5 Å². The van der Waals surface area contributed by atoms with Crippen molar-refractivity contribution < 1.29 is 4.79 Å². The SMILES string of the molecule is Cc1nccn1CCNC(=O)C(N)Cc1ccccc1. The lowest BCUT2D eigenvalue weighted by atomic mass is 10.1. The Balaban J connectivity index is 1.76. The first-order valence-electron chi connectivity index (χ1n) is 6.72. The Bertz CT molecular complexity index is 550. The number of benzene rings is 1. The van der Waals surface area contributed by atoms with Crippen LogP contribution < -0.4 is 11.1 Å². The molecule has 0 fully saturated rings. The van der Waals surface area contributed by atoms with E-state index < -0.39 is 6.04 Å². The number of carbonyl (C=O) groups excluding carboxylic acids is 1. The maximum Gasteiger partial charge on any atom is 0.237 e. The normalized spacial score (nSPS) is 12.1. The third-order valence-corrected chi connectivity index (χ3v) is 3.21. The van der Waals surface area contributed by atoms with Gasteiger partial charge in [0.15, 0.2) is 0 Å². The van der Waals surface area contributed by atoms with Crippen molar-refractivity contribution >= 4 is 5.91 Å². The Labute approximate surface area is 118 Å². The minimum Gasteiger partial charge on any atom is -0.353 e. The van der Waals surface area contributed by atoms with Crippen molar-refractivity contribution in [2.24, 2.45) is 5.73 Å². The van der Waals surface area contributed by atoms with Crippen LogP contribution in [-0.2, 0) is 17.8 Å². The van der Waals surface area contributed by atoms with Gasteiger partial charge in [0.25, 0.3) is 0 Å². The molecule has 0 radical (unpaired) electrons. The summed E-state index contributed by atoms with van der Waals surface area (Å²) < 4.78 is 1.99. The van der Waals surface area contributed by atoms with Gasteiger partial charge in [-0.3, -0.25) is 4.79 Å². The smallest absolute Gasteiger partial charge is 0.237 e. The molecule has 20 heavy (non-hydrogen) atoms. The van der Waals surface area contributed by atoms with E-state index in [9.17, 15) is 4.79 Å². The molecule has 1 atom stereocenters.